The standard InChI is InChI=1S/C13H22ClN3/c1-10-12(13(14)17(2)16-10)9-15-8-7-11-5-3-4-6-11/h11,15H,3-9H2,1-2H3. The zero-order valence-corrected chi connectivity index (χ0v) is 11.6. The lowest BCUT2D eigenvalue weighted by atomic mass is 10.0. The summed E-state index contributed by atoms with van der Waals surface area (Å²) in [4.78, 5) is 0. The summed E-state index contributed by atoms with van der Waals surface area (Å²) in [7, 11) is 1.89. The molecule has 0 bridgehead atoms. The molecule has 1 heterocycles. The van der Waals surface area contributed by atoms with Crippen LogP contribution in [-0.2, 0) is 13.6 Å². The summed E-state index contributed by atoms with van der Waals surface area (Å²) in [5.41, 5.74) is 2.17. The lowest BCUT2D eigenvalue weighted by Gasteiger charge is -2.09. The lowest BCUT2D eigenvalue weighted by Crippen LogP contribution is -2.17. The van der Waals surface area contributed by atoms with Crippen LogP contribution in [0, 0.1) is 12.8 Å². The van der Waals surface area contributed by atoms with Gasteiger partial charge in [0.25, 0.3) is 0 Å². The fourth-order valence-corrected chi connectivity index (χ4v) is 2.93. The summed E-state index contributed by atoms with van der Waals surface area (Å²) >= 11 is 6.18. The van der Waals surface area contributed by atoms with Gasteiger partial charge in [0.1, 0.15) is 5.15 Å². The SMILES string of the molecule is Cc1nn(C)c(Cl)c1CNCCC1CCCC1. The van der Waals surface area contributed by atoms with Crippen molar-refractivity contribution in [1.29, 1.82) is 0 Å². The van der Waals surface area contributed by atoms with Gasteiger partial charge >= 0.3 is 0 Å². The predicted molar refractivity (Wildman–Crippen MR) is 71.2 cm³/mol. The molecule has 1 aliphatic rings. The van der Waals surface area contributed by atoms with Crippen LogP contribution in [0.2, 0.25) is 5.15 Å². The maximum absolute atomic E-state index is 6.18. The average molecular weight is 256 g/mol. The molecule has 0 unspecified atom stereocenters. The van der Waals surface area contributed by atoms with E-state index in [1.807, 2.05) is 14.0 Å². The fourth-order valence-electron chi connectivity index (χ4n) is 2.69. The van der Waals surface area contributed by atoms with Crippen molar-refractivity contribution in [2.45, 2.75) is 45.6 Å². The molecule has 0 saturated heterocycles. The third-order valence-corrected chi connectivity index (χ3v) is 4.25. The molecule has 1 aromatic rings. The molecule has 1 N–H and O–H groups in total. The first kappa shape index (κ1) is 12.9. The Hall–Kier alpha value is -0.540. The Morgan fingerprint density at radius 3 is 2.71 bits per heavy atom. The quantitative estimate of drug-likeness (QED) is 0.820. The van der Waals surface area contributed by atoms with Crippen LogP contribution in [0.3, 0.4) is 0 Å². The van der Waals surface area contributed by atoms with Crippen molar-refractivity contribution in [2.24, 2.45) is 13.0 Å². The number of nitrogens with one attached hydrogen (secondary N) is 1. The molecule has 0 amide bonds. The Morgan fingerprint density at radius 1 is 1.41 bits per heavy atom. The van der Waals surface area contributed by atoms with Crippen molar-refractivity contribution in [1.82, 2.24) is 15.1 Å². The van der Waals surface area contributed by atoms with Crippen molar-refractivity contribution in [3.8, 4) is 0 Å². The summed E-state index contributed by atoms with van der Waals surface area (Å²) in [5, 5.41) is 8.56. The molecule has 1 fully saturated rings. The first-order chi connectivity index (χ1) is 8.18. The fraction of sp³-hybridized carbons (Fsp3) is 0.769. The maximum Gasteiger partial charge on any atom is 0.131 e. The van der Waals surface area contributed by atoms with Gasteiger partial charge in [-0.1, -0.05) is 37.3 Å². The molecule has 17 heavy (non-hydrogen) atoms. The van der Waals surface area contributed by atoms with Gasteiger partial charge in [-0.15, -0.1) is 0 Å². The van der Waals surface area contributed by atoms with E-state index in [4.69, 9.17) is 11.6 Å². The summed E-state index contributed by atoms with van der Waals surface area (Å²) in [5.74, 6) is 0.952. The van der Waals surface area contributed by atoms with E-state index in [1.165, 1.54) is 32.1 Å². The van der Waals surface area contributed by atoms with E-state index in [9.17, 15) is 0 Å². The zero-order chi connectivity index (χ0) is 12.3. The van der Waals surface area contributed by atoms with Crippen molar-refractivity contribution in [3.63, 3.8) is 0 Å². The number of hydrogen-bond acceptors (Lipinski definition) is 2. The molecule has 0 spiro atoms. The third kappa shape index (κ3) is 3.23. The molecule has 1 saturated carbocycles. The molecule has 0 radical (unpaired) electrons. The van der Waals surface area contributed by atoms with Gasteiger partial charge in [-0.05, 0) is 25.8 Å². The second kappa shape index (κ2) is 5.87. The van der Waals surface area contributed by atoms with Gasteiger partial charge in [-0.25, -0.2) is 0 Å². The van der Waals surface area contributed by atoms with E-state index >= 15 is 0 Å². The summed E-state index contributed by atoms with van der Waals surface area (Å²) in [6.07, 6.45) is 7.01. The van der Waals surface area contributed by atoms with E-state index in [-0.39, 0.29) is 0 Å². The van der Waals surface area contributed by atoms with Crippen molar-refractivity contribution in [3.05, 3.63) is 16.4 Å². The van der Waals surface area contributed by atoms with Crippen molar-refractivity contribution in [2.75, 3.05) is 6.54 Å². The van der Waals surface area contributed by atoms with Gasteiger partial charge in [-0.3, -0.25) is 4.68 Å². The second-order valence-electron chi connectivity index (χ2n) is 5.09. The Kier molecular flexibility index (Phi) is 4.46. The molecule has 1 aromatic heterocycles. The minimum absolute atomic E-state index is 0.760. The van der Waals surface area contributed by atoms with Crippen LogP contribution < -0.4 is 5.32 Å². The van der Waals surface area contributed by atoms with Gasteiger partial charge in [0, 0.05) is 19.2 Å². The maximum atomic E-state index is 6.18. The van der Waals surface area contributed by atoms with E-state index in [0.29, 0.717) is 0 Å². The van der Waals surface area contributed by atoms with Crippen LogP contribution in [0.1, 0.15) is 43.4 Å². The van der Waals surface area contributed by atoms with Gasteiger partial charge in [0.15, 0.2) is 0 Å². The number of nitrogens with zero attached hydrogens (tertiary/aromatic N) is 2. The van der Waals surface area contributed by atoms with Crippen LogP contribution in [-0.4, -0.2) is 16.3 Å². The Bertz CT molecular complexity index is 367. The smallest absolute Gasteiger partial charge is 0.131 e. The molecule has 0 aliphatic heterocycles. The highest BCUT2D eigenvalue weighted by molar-refractivity contribution is 6.30. The third-order valence-electron chi connectivity index (χ3n) is 3.78. The van der Waals surface area contributed by atoms with E-state index in [0.717, 1.165) is 35.4 Å². The Labute approximate surface area is 109 Å². The van der Waals surface area contributed by atoms with Gasteiger partial charge in [0.2, 0.25) is 0 Å². The number of halogens is 1. The van der Waals surface area contributed by atoms with Crippen molar-refractivity contribution >= 4 is 11.6 Å². The van der Waals surface area contributed by atoms with Crippen LogP contribution in [0.15, 0.2) is 0 Å². The number of hydrogen-bond donors (Lipinski definition) is 1. The Morgan fingerprint density at radius 2 is 2.12 bits per heavy atom. The van der Waals surface area contributed by atoms with E-state index < -0.39 is 0 Å². The molecule has 3 nitrogen and oxygen atoms in total. The molecular weight excluding hydrogens is 234 g/mol. The van der Waals surface area contributed by atoms with Crippen molar-refractivity contribution < 1.29 is 0 Å². The first-order valence-corrected chi connectivity index (χ1v) is 6.95. The molecular formula is C13H22ClN3. The number of aromatic nitrogens is 2. The summed E-state index contributed by atoms with van der Waals surface area (Å²) in [6.45, 7) is 3.94. The van der Waals surface area contributed by atoms with Gasteiger partial charge < -0.3 is 5.32 Å². The van der Waals surface area contributed by atoms with E-state index in [2.05, 4.69) is 10.4 Å². The zero-order valence-electron chi connectivity index (χ0n) is 10.8. The molecule has 96 valence electrons. The van der Waals surface area contributed by atoms with Crippen LogP contribution in [0.25, 0.3) is 0 Å². The minimum atomic E-state index is 0.760. The van der Waals surface area contributed by atoms with Gasteiger partial charge in [0.05, 0.1) is 5.69 Å². The highest BCUT2D eigenvalue weighted by Gasteiger charge is 2.14. The predicted octanol–water partition coefficient (Wildman–Crippen LogP) is 3.05. The monoisotopic (exact) mass is 255 g/mol. The summed E-state index contributed by atoms with van der Waals surface area (Å²) in [6, 6.07) is 0. The Balaban J connectivity index is 1.74. The largest absolute Gasteiger partial charge is 0.312 e. The van der Waals surface area contributed by atoms with Gasteiger partial charge in [-0.2, -0.15) is 5.10 Å². The summed E-state index contributed by atoms with van der Waals surface area (Å²) < 4.78 is 1.74. The second-order valence-corrected chi connectivity index (χ2v) is 5.45. The minimum Gasteiger partial charge on any atom is -0.312 e. The van der Waals surface area contributed by atoms with Crippen LogP contribution >= 0.6 is 11.6 Å². The number of rotatable bonds is 5. The topological polar surface area (TPSA) is 29.9 Å². The lowest BCUT2D eigenvalue weighted by molar-refractivity contribution is 0.477. The molecule has 0 atom stereocenters. The van der Waals surface area contributed by atoms with Crippen LogP contribution in [0.4, 0.5) is 0 Å². The highest BCUT2D eigenvalue weighted by Crippen LogP contribution is 2.27. The highest BCUT2D eigenvalue weighted by atomic mass is 35.5. The van der Waals surface area contributed by atoms with Crippen LogP contribution in [0.5, 0.6) is 0 Å². The first-order valence-electron chi connectivity index (χ1n) is 6.57. The molecule has 1 aliphatic carbocycles. The molecule has 2 rings (SSSR count). The molecule has 0 aromatic carbocycles. The normalized spacial score (nSPS) is 16.9. The molecule has 4 heteroatoms. The van der Waals surface area contributed by atoms with E-state index in [1.54, 1.807) is 4.68 Å². The average Bonchev–Trinajstić information content (AvgIpc) is 2.87. The number of aryl methyl sites for hydroxylation is 2.